The topological polar surface area (TPSA) is 46.5 Å². The monoisotopic (exact) mass is 209 g/mol. The summed E-state index contributed by atoms with van der Waals surface area (Å²) in [5.41, 5.74) is 0. The molecule has 0 aliphatic carbocycles. The van der Waals surface area contributed by atoms with Crippen LogP contribution in [-0.4, -0.2) is 13.5 Å². The molecule has 1 rings (SSSR count). The molecule has 0 aromatic carbocycles. The number of nitrogens with zero attached hydrogens (tertiary/aromatic N) is 1. The molecule has 0 radical (unpaired) electrons. The van der Waals surface area contributed by atoms with Crippen LogP contribution in [0.15, 0.2) is 29.2 Å². The highest BCUT2D eigenvalue weighted by Gasteiger charge is 2.14. The zero-order chi connectivity index (χ0) is 9.19. The summed E-state index contributed by atoms with van der Waals surface area (Å²) in [7, 11) is 1.02. The van der Waals surface area contributed by atoms with E-state index in [1.54, 1.807) is 0 Å². The average molecular weight is 210 g/mol. The Kier molecular flexibility index (Phi) is 2.64. The van der Waals surface area contributed by atoms with E-state index < -0.39 is 20.0 Å². The van der Waals surface area contributed by atoms with Gasteiger partial charge in [-0.25, -0.2) is 13.4 Å². The summed E-state index contributed by atoms with van der Waals surface area (Å²) < 4.78 is 33.9. The van der Waals surface area contributed by atoms with Crippen LogP contribution < -0.4 is 0 Å². The second-order valence-corrected chi connectivity index (χ2v) is 4.57. The second kappa shape index (κ2) is 3.37. The molecule has 12 heavy (non-hydrogen) atoms. The van der Waals surface area contributed by atoms with Gasteiger partial charge >= 0.3 is 0 Å². The third-order valence-corrected chi connectivity index (χ3v) is 2.35. The molecular formula is C6H5ClFNO2S. The number of rotatable bonds is 0. The summed E-state index contributed by atoms with van der Waals surface area (Å²) in [6, 6.07) is 0. The van der Waals surface area contributed by atoms with E-state index in [9.17, 15) is 12.8 Å². The van der Waals surface area contributed by atoms with Gasteiger partial charge in [0, 0.05) is 10.7 Å². The first-order valence-electron chi connectivity index (χ1n) is 3.06. The van der Waals surface area contributed by atoms with Crippen molar-refractivity contribution >= 4 is 24.8 Å². The van der Waals surface area contributed by atoms with Gasteiger partial charge in [0.05, 0.1) is 0 Å². The normalized spacial score (nSPS) is 18.2. The van der Waals surface area contributed by atoms with Gasteiger partial charge < -0.3 is 0 Å². The summed E-state index contributed by atoms with van der Waals surface area (Å²) in [5.74, 6) is -0.834. The summed E-state index contributed by atoms with van der Waals surface area (Å²) in [5, 5.41) is -0.463. The first kappa shape index (κ1) is 9.41. The Balaban J connectivity index is 3.14. The lowest BCUT2D eigenvalue weighted by molar-refractivity contribution is 0.614. The Bertz CT molecular complexity index is 369. The van der Waals surface area contributed by atoms with Gasteiger partial charge in [0.2, 0.25) is 5.95 Å². The number of hydrogen-bond donors (Lipinski definition) is 0. The molecule has 0 unspecified atom stereocenters. The molecule has 0 aromatic heterocycles. The van der Waals surface area contributed by atoms with Crippen LogP contribution in [0.3, 0.4) is 0 Å². The summed E-state index contributed by atoms with van der Waals surface area (Å²) >= 11 is 0. The third kappa shape index (κ3) is 2.42. The summed E-state index contributed by atoms with van der Waals surface area (Å²) in [6.07, 6.45) is 4.10. The Morgan fingerprint density at radius 2 is 2.25 bits per heavy atom. The van der Waals surface area contributed by atoms with Crippen LogP contribution in [0.1, 0.15) is 6.42 Å². The SMILES string of the molecule is O=S(=O)(Cl)C1=NC(F)=CCC=C1. The van der Waals surface area contributed by atoms with E-state index in [0.29, 0.717) is 6.42 Å². The van der Waals surface area contributed by atoms with Crippen LogP contribution >= 0.6 is 10.7 Å². The standard InChI is InChI=1S/C6H5ClFNO2S/c7-12(10,11)6-4-2-1-3-5(8)9-6/h2-4H,1H2. The fourth-order valence-corrected chi connectivity index (χ4v) is 1.37. The highest BCUT2D eigenvalue weighted by atomic mass is 35.7. The van der Waals surface area contributed by atoms with Crippen molar-refractivity contribution in [1.82, 2.24) is 0 Å². The van der Waals surface area contributed by atoms with Crippen LogP contribution in [0.4, 0.5) is 4.39 Å². The van der Waals surface area contributed by atoms with Crippen LogP contribution in [0.25, 0.3) is 0 Å². The lowest BCUT2D eigenvalue weighted by Crippen LogP contribution is -2.03. The molecule has 0 saturated carbocycles. The molecule has 0 spiro atoms. The predicted molar refractivity (Wildman–Crippen MR) is 45.2 cm³/mol. The van der Waals surface area contributed by atoms with Crippen LogP contribution in [-0.2, 0) is 9.05 Å². The first-order valence-corrected chi connectivity index (χ1v) is 5.36. The van der Waals surface area contributed by atoms with Crippen LogP contribution in [0, 0.1) is 0 Å². The lowest BCUT2D eigenvalue weighted by atomic mass is 10.4. The molecule has 0 atom stereocenters. The molecule has 3 nitrogen and oxygen atoms in total. The predicted octanol–water partition coefficient (Wildman–Crippen LogP) is 1.72. The minimum Gasteiger partial charge on any atom is -0.207 e. The molecule has 1 heterocycles. The molecule has 0 fully saturated rings. The number of allylic oxidation sites excluding steroid dienone is 2. The molecule has 0 N–H and O–H groups in total. The molecule has 0 amide bonds. The van der Waals surface area contributed by atoms with Gasteiger partial charge in [0.15, 0.2) is 5.04 Å². The van der Waals surface area contributed by atoms with Crippen molar-refractivity contribution in [1.29, 1.82) is 0 Å². The number of halogens is 2. The Labute approximate surface area is 73.7 Å². The minimum absolute atomic E-state index is 0.311. The summed E-state index contributed by atoms with van der Waals surface area (Å²) in [4.78, 5) is 3.15. The summed E-state index contributed by atoms with van der Waals surface area (Å²) in [6.45, 7) is 0. The van der Waals surface area contributed by atoms with E-state index in [1.165, 1.54) is 12.2 Å². The number of aliphatic imine (C=N–C) groups is 1. The van der Waals surface area contributed by atoms with Crippen molar-refractivity contribution in [3.05, 3.63) is 24.2 Å². The van der Waals surface area contributed by atoms with Gasteiger partial charge in [-0.05, 0) is 18.6 Å². The molecular weight excluding hydrogens is 205 g/mol. The Morgan fingerprint density at radius 3 is 2.83 bits per heavy atom. The smallest absolute Gasteiger partial charge is 0.207 e. The van der Waals surface area contributed by atoms with Gasteiger partial charge in [0.25, 0.3) is 9.05 Å². The van der Waals surface area contributed by atoms with E-state index >= 15 is 0 Å². The largest absolute Gasteiger partial charge is 0.278 e. The molecule has 66 valence electrons. The minimum atomic E-state index is -3.93. The maximum absolute atomic E-state index is 12.5. The van der Waals surface area contributed by atoms with Gasteiger partial charge in [0.1, 0.15) is 0 Å². The Morgan fingerprint density at radius 1 is 1.58 bits per heavy atom. The fraction of sp³-hybridized carbons (Fsp3) is 0.167. The second-order valence-electron chi connectivity index (χ2n) is 2.05. The van der Waals surface area contributed by atoms with Gasteiger partial charge in [-0.15, -0.1) is 0 Å². The van der Waals surface area contributed by atoms with Crippen molar-refractivity contribution in [2.45, 2.75) is 6.42 Å². The molecule has 0 bridgehead atoms. The van der Waals surface area contributed by atoms with Gasteiger partial charge in [-0.3, -0.25) is 0 Å². The molecule has 1 aliphatic rings. The third-order valence-electron chi connectivity index (χ3n) is 1.15. The molecule has 1 aliphatic heterocycles. The molecule has 6 heteroatoms. The highest BCUT2D eigenvalue weighted by Crippen LogP contribution is 2.12. The molecule has 0 aromatic rings. The van der Waals surface area contributed by atoms with E-state index in [0.717, 1.165) is 6.08 Å². The van der Waals surface area contributed by atoms with Crippen molar-refractivity contribution < 1.29 is 12.8 Å². The molecule has 0 saturated heterocycles. The van der Waals surface area contributed by atoms with E-state index in [4.69, 9.17) is 10.7 Å². The highest BCUT2D eigenvalue weighted by molar-refractivity contribution is 8.26. The van der Waals surface area contributed by atoms with E-state index in [1.807, 2.05) is 0 Å². The van der Waals surface area contributed by atoms with Crippen molar-refractivity contribution in [3.63, 3.8) is 0 Å². The maximum Gasteiger partial charge on any atom is 0.278 e. The van der Waals surface area contributed by atoms with Crippen LogP contribution in [0.5, 0.6) is 0 Å². The van der Waals surface area contributed by atoms with Gasteiger partial charge in [-0.2, -0.15) is 4.39 Å². The van der Waals surface area contributed by atoms with E-state index in [2.05, 4.69) is 4.99 Å². The van der Waals surface area contributed by atoms with Crippen molar-refractivity contribution in [2.75, 3.05) is 0 Å². The average Bonchev–Trinajstić information content (AvgIpc) is 2.11. The van der Waals surface area contributed by atoms with Crippen LogP contribution in [0.2, 0.25) is 0 Å². The quantitative estimate of drug-likeness (QED) is 0.451. The fourth-order valence-electron chi connectivity index (χ4n) is 0.658. The van der Waals surface area contributed by atoms with Crippen molar-refractivity contribution in [2.24, 2.45) is 4.99 Å². The first-order chi connectivity index (χ1) is 5.50. The lowest BCUT2D eigenvalue weighted by Gasteiger charge is -1.91. The van der Waals surface area contributed by atoms with Crippen molar-refractivity contribution in [3.8, 4) is 0 Å². The number of hydrogen-bond acceptors (Lipinski definition) is 3. The zero-order valence-corrected chi connectivity index (χ0v) is 7.44. The van der Waals surface area contributed by atoms with E-state index in [-0.39, 0.29) is 0 Å². The zero-order valence-electron chi connectivity index (χ0n) is 5.87. The Hall–Kier alpha value is -0.680. The van der Waals surface area contributed by atoms with Gasteiger partial charge in [-0.1, -0.05) is 6.08 Å². The maximum atomic E-state index is 12.5.